The lowest BCUT2D eigenvalue weighted by molar-refractivity contribution is -0.139. The van der Waals surface area contributed by atoms with Crippen LogP contribution in [0, 0.1) is 11.8 Å². The van der Waals surface area contributed by atoms with Crippen LogP contribution in [0.25, 0.3) is 0 Å². The van der Waals surface area contributed by atoms with E-state index in [1.54, 1.807) is 17.0 Å². The molecule has 3 atom stereocenters. The van der Waals surface area contributed by atoms with E-state index in [1.807, 2.05) is 23.1 Å². The molecule has 2 aromatic rings. The molecule has 1 saturated heterocycles. The van der Waals surface area contributed by atoms with E-state index in [9.17, 15) is 9.59 Å². The van der Waals surface area contributed by atoms with Crippen molar-refractivity contribution >= 4 is 11.8 Å². The summed E-state index contributed by atoms with van der Waals surface area (Å²) in [5, 5.41) is 0. The van der Waals surface area contributed by atoms with Gasteiger partial charge >= 0.3 is 0 Å². The number of furan rings is 1. The molecular formula is C22H26N2O3. The molecule has 0 saturated carbocycles. The summed E-state index contributed by atoms with van der Waals surface area (Å²) >= 11 is 0. The maximum Gasteiger partial charge on any atom is 0.290 e. The monoisotopic (exact) mass is 366 g/mol. The third-order valence-corrected chi connectivity index (χ3v) is 5.71. The summed E-state index contributed by atoms with van der Waals surface area (Å²) < 4.78 is 5.33. The smallest absolute Gasteiger partial charge is 0.290 e. The second-order valence-corrected chi connectivity index (χ2v) is 8.09. The molecule has 0 bridgehead atoms. The average Bonchev–Trinajstić information content (AvgIpc) is 3.20. The van der Waals surface area contributed by atoms with Gasteiger partial charge in [0.25, 0.3) is 5.91 Å². The highest BCUT2D eigenvalue weighted by Gasteiger charge is 2.39. The molecule has 2 aliphatic rings. The summed E-state index contributed by atoms with van der Waals surface area (Å²) in [4.78, 5) is 30.1. The van der Waals surface area contributed by atoms with Gasteiger partial charge in [-0.25, -0.2) is 0 Å². The zero-order chi connectivity index (χ0) is 19.0. The van der Waals surface area contributed by atoms with E-state index in [-0.39, 0.29) is 17.6 Å². The molecule has 5 nitrogen and oxygen atoms in total. The van der Waals surface area contributed by atoms with Gasteiger partial charge in [0.2, 0.25) is 5.91 Å². The minimum absolute atomic E-state index is 0.0582. The average molecular weight is 366 g/mol. The maximum absolute atomic E-state index is 13.4. The zero-order valence-electron chi connectivity index (χ0n) is 15.9. The molecule has 2 amide bonds. The first-order valence-electron chi connectivity index (χ1n) is 9.73. The molecule has 142 valence electrons. The molecule has 2 aliphatic heterocycles. The Morgan fingerprint density at radius 1 is 1.00 bits per heavy atom. The summed E-state index contributed by atoms with van der Waals surface area (Å²) in [6.07, 6.45) is 3.20. The second kappa shape index (κ2) is 7.22. The summed E-state index contributed by atoms with van der Waals surface area (Å²) in [7, 11) is 0. The summed E-state index contributed by atoms with van der Waals surface area (Å²) in [5.74, 6) is 1.10. The number of amides is 2. The van der Waals surface area contributed by atoms with E-state index in [0.717, 1.165) is 30.6 Å². The Labute approximate surface area is 159 Å². The van der Waals surface area contributed by atoms with Gasteiger partial charge in [0.1, 0.15) is 6.04 Å². The molecule has 0 N–H and O–H groups in total. The Morgan fingerprint density at radius 3 is 2.37 bits per heavy atom. The van der Waals surface area contributed by atoms with Gasteiger partial charge in [-0.15, -0.1) is 0 Å². The number of rotatable bonds is 2. The molecule has 1 aromatic heterocycles. The molecule has 1 fully saturated rings. The predicted octanol–water partition coefficient (Wildman–Crippen LogP) is 3.35. The van der Waals surface area contributed by atoms with Crippen LogP contribution in [0.15, 0.2) is 47.1 Å². The highest BCUT2D eigenvalue weighted by atomic mass is 16.3. The van der Waals surface area contributed by atoms with Crippen molar-refractivity contribution in [3.05, 3.63) is 59.5 Å². The Hall–Kier alpha value is -2.56. The standard InChI is InChI=1S/C22H26N2O3/c1-15-10-16(2)13-23(12-15)21(25)19-11-17-6-3-4-7-18(17)14-24(19)22(26)20-8-5-9-27-20/h3-9,15-16,19H,10-14H2,1-2H3. The van der Waals surface area contributed by atoms with Crippen LogP contribution in [-0.4, -0.2) is 40.7 Å². The Kier molecular flexibility index (Phi) is 4.77. The number of likely N-dealkylation sites (tertiary alicyclic amines) is 1. The zero-order valence-corrected chi connectivity index (χ0v) is 15.9. The number of benzene rings is 1. The van der Waals surface area contributed by atoms with E-state index in [0.29, 0.717) is 24.8 Å². The lowest BCUT2D eigenvalue weighted by Gasteiger charge is -2.41. The van der Waals surface area contributed by atoms with Crippen molar-refractivity contribution in [1.82, 2.24) is 9.80 Å². The number of hydrogen-bond donors (Lipinski definition) is 0. The fourth-order valence-electron chi connectivity index (χ4n) is 4.55. The molecule has 4 rings (SSSR count). The molecule has 0 spiro atoms. The Morgan fingerprint density at radius 2 is 1.70 bits per heavy atom. The fraction of sp³-hybridized carbons (Fsp3) is 0.455. The van der Waals surface area contributed by atoms with Crippen LogP contribution in [0.4, 0.5) is 0 Å². The first-order chi connectivity index (χ1) is 13.0. The second-order valence-electron chi connectivity index (χ2n) is 8.09. The van der Waals surface area contributed by atoms with Gasteiger partial charge in [-0.1, -0.05) is 38.1 Å². The van der Waals surface area contributed by atoms with Gasteiger partial charge < -0.3 is 14.2 Å². The highest BCUT2D eigenvalue weighted by Crippen LogP contribution is 2.28. The van der Waals surface area contributed by atoms with E-state index >= 15 is 0 Å². The van der Waals surface area contributed by atoms with Crippen LogP contribution in [0.5, 0.6) is 0 Å². The number of carbonyl (C=O) groups excluding carboxylic acids is 2. The Balaban J connectivity index is 1.64. The fourth-order valence-corrected chi connectivity index (χ4v) is 4.55. The molecular weight excluding hydrogens is 340 g/mol. The van der Waals surface area contributed by atoms with Crippen LogP contribution < -0.4 is 0 Å². The normalized spacial score (nSPS) is 25.2. The summed E-state index contributed by atoms with van der Waals surface area (Å²) in [6, 6.07) is 11.0. The van der Waals surface area contributed by atoms with Crippen molar-refractivity contribution in [2.75, 3.05) is 13.1 Å². The number of carbonyl (C=O) groups is 2. The van der Waals surface area contributed by atoms with Crippen molar-refractivity contribution in [3.63, 3.8) is 0 Å². The first-order valence-corrected chi connectivity index (χ1v) is 9.73. The first kappa shape index (κ1) is 17.8. The molecule has 0 aliphatic carbocycles. The lowest BCUT2D eigenvalue weighted by atomic mass is 9.89. The van der Waals surface area contributed by atoms with Gasteiger partial charge in [-0.2, -0.15) is 0 Å². The minimum Gasteiger partial charge on any atom is -0.459 e. The number of hydrogen-bond acceptors (Lipinski definition) is 3. The topological polar surface area (TPSA) is 53.8 Å². The number of fused-ring (bicyclic) bond motifs is 1. The van der Waals surface area contributed by atoms with Crippen molar-refractivity contribution in [3.8, 4) is 0 Å². The molecule has 3 heterocycles. The summed E-state index contributed by atoms with van der Waals surface area (Å²) in [5.41, 5.74) is 2.25. The maximum atomic E-state index is 13.4. The predicted molar refractivity (Wildman–Crippen MR) is 102 cm³/mol. The number of nitrogens with zero attached hydrogens (tertiary/aromatic N) is 2. The van der Waals surface area contributed by atoms with Crippen LogP contribution in [-0.2, 0) is 17.8 Å². The molecule has 1 aromatic carbocycles. The van der Waals surface area contributed by atoms with Gasteiger partial charge in [-0.05, 0) is 41.5 Å². The Bertz CT molecular complexity index is 820. The lowest BCUT2D eigenvalue weighted by Crippen LogP contribution is -2.56. The van der Waals surface area contributed by atoms with Gasteiger partial charge in [-0.3, -0.25) is 9.59 Å². The van der Waals surface area contributed by atoms with Crippen LogP contribution in [0.3, 0.4) is 0 Å². The van der Waals surface area contributed by atoms with Crippen LogP contribution in [0.1, 0.15) is 41.9 Å². The van der Waals surface area contributed by atoms with E-state index in [1.165, 1.54) is 6.26 Å². The van der Waals surface area contributed by atoms with Crippen molar-refractivity contribution in [1.29, 1.82) is 0 Å². The third kappa shape index (κ3) is 3.51. The molecule has 0 radical (unpaired) electrons. The number of piperidine rings is 1. The van der Waals surface area contributed by atoms with E-state index < -0.39 is 6.04 Å². The quantitative estimate of drug-likeness (QED) is 0.819. The van der Waals surface area contributed by atoms with Gasteiger partial charge in [0.15, 0.2) is 5.76 Å². The third-order valence-electron chi connectivity index (χ3n) is 5.71. The van der Waals surface area contributed by atoms with Gasteiger partial charge in [0, 0.05) is 26.1 Å². The van der Waals surface area contributed by atoms with Crippen LogP contribution >= 0.6 is 0 Å². The largest absolute Gasteiger partial charge is 0.459 e. The van der Waals surface area contributed by atoms with E-state index in [2.05, 4.69) is 19.9 Å². The highest BCUT2D eigenvalue weighted by molar-refractivity contribution is 5.96. The van der Waals surface area contributed by atoms with E-state index in [4.69, 9.17) is 4.42 Å². The molecule has 3 unspecified atom stereocenters. The summed E-state index contributed by atoms with van der Waals surface area (Å²) in [6.45, 7) is 6.36. The SMILES string of the molecule is CC1CC(C)CN(C(=O)C2Cc3ccccc3CN2C(=O)c2ccco2)C1. The van der Waals surface area contributed by atoms with Crippen LogP contribution in [0.2, 0.25) is 0 Å². The molecule has 27 heavy (non-hydrogen) atoms. The van der Waals surface area contributed by atoms with Crippen molar-refractivity contribution in [2.45, 2.75) is 39.3 Å². The van der Waals surface area contributed by atoms with Crippen molar-refractivity contribution in [2.24, 2.45) is 11.8 Å². The minimum atomic E-state index is -0.477. The molecule has 5 heteroatoms. The van der Waals surface area contributed by atoms with Crippen molar-refractivity contribution < 1.29 is 14.0 Å². The van der Waals surface area contributed by atoms with Gasteiger partial charge in [0.05, 0.1) is 6.26 Å².